The zero-order valence-corrected chi connectivity index (χ0v) is 10.5. The quantitative estimate of drug-likeness (QED) is 0.585. The summed E-state index contributed by atoms with van der Waals surface area (Å²) >= 11 is 0. The maximum Gasteiger partial charge on any atom is 0.0610 e. The van der Waals surface area contributed by atoms with Gasteiger partial charge in [0.1, 0.15) is 0 Å². The molecule has 0 saturated heterocycles. The van der Waals surface area contributed by atoms with Gasteiger partial charge in [-0.05, 0) is 40.4 Å². The number of likely N-dealkylation sites (N-methyl/N-ethyl adjacent to an activating group) is 2. The van der Waals surface area contributed by atoms with Gasteiger partial charge in [0, 0.05) is 19.2 Å². The van der Waals surface area contributed by atoms with Crippen LogP contribution in [0.3, 0.4) is 0 Å². The number of hydrogen-bond donors (Lipinski definition) is 2. The lowest BCUT2D eigenvalue weighted by Crippen LogP contribution is -2.43. The summed E-state index contributed by atoms with van der Waals surface area (Å²) in [5.74, 6) is 0. The Bertz CT molecular complexity index is 150. The standard InChI is InChI=1S/C11H26N2O2/c1-11(10-14,12-2)6-5-7-13(3)8-9-15-4/h12,14H,5-10H2,1-4H3. The lowest BCUT2D eigenvalue weighted by Gasteiger charge is -2.27. The van der Waals surface area contributed by atoms with Gasteiger partial charge in [0.25, 0.3) is 0 Å². The van der Waals surface area contributed by atoms with Crippen molar-refractivity contribution in [2.75, 3.05) is 47.5 Å². The van der Waals surface area contributed by atoms with Gasteiger partial charge in [-0.1, -0.05) is 0 Å². The summed E-state index contributed by atoms with van der Waals surface area (Å²) in [7, 11) is 5.71. The Hall–Kier alpha value is -0.160. The molecule has 2 N–H and O–H groups in total. The molecule has 0 aromatic heterocycles. The van der Waals surface area contributed by atoms with Crippen LogP contribution < -0.4 is 5.32 Å². The van der Waals surface area contributed by atoms with Crippen LogP contribution in [0.2, 0.25) is 0 Å². The topological polar surface area (TPSA) is 44.7 Å². The van der Waals surface area contributed by atoms with Gasteiger partial charge in [0.2, 0.25) is 0 Å². The van der Waals surface area contributed by atoms with Crippen LogP contribution in [0, 0.1) is 0 Å². The summed E-state index contributed by atoms with van der Waals surface area (Å²) in [6.07, 6.45) is 2.06. The number of aliphatic hydroxyl groups excluding tert-OH is 1. The average molecular weight is 218 g/mol. The Kier molecular flexibility index (Phi) is 7.96. The van der Waals surface area contributed by atoms with Gasteiger partial charge in [-0.3, -0.25) is 0 Å². The molecule has 0 heterocycles. The summed E-state index contributed by atoms with van der Waals surface area (Å²) in [5.41, 5.74) is -0.137. The second kappa shape index (κ2) is 8.05. The Morgan fingerprint density at radius 1 is 1.40 bits per heavy atom. The third-order valence-corrected chi connectivity index (χ3v) is 2.90. The molecule has 0 rings (SSSR count). The van der Waals surface area contributed by atoms with E-state index in [4.69, 9.17) is 4.74 Å². The molecule has 0 aliphatic rings. The fraction of sp³-hybridized carbons (Fsp3) is 1.00. The van der Waals surface area contributed by atoms with E-state index in [9.17, 15) is 5.11 Å². The van der Waals surface area contributed by atoms with Crippen LogP contribution in [0.25, 0.3) is 0 Å². The minimum Gasteiger partial charge on any atom is -0.394 e. The highest BCUT2D eigenvalue weighted by Gasteiger charge is 2.19. The molecular weight excluding hydrogens is 192 g/mol. The molecule has 1 atom stereocenters. The van der Waals surface area contributed by atoms with E-state index < -0.39 is 0 Å². The lowest BCUT2D eigenvalue weighted by molar-refractivity contribution is 0.148. The molecule has 15 heavy (non-hydrogen) atoms. The number of methoxy groups -OCH3 is 1. The second-order valence-corrected chi connectivity index (χ2v) is 4.37. The molecule has 0 amide bonds. The summed E-state index contributed by atoms with van der Waals surface area (Å²) in [5, 5.41) is 12.3. The Morgan fingerprint density at radius 2 is 2.07 bits per heavy atom. The molecule has 0 aromatic rings. The van der Waals surface area contributed by atoms with Crippen molar-refractivity contribution in [3.8, 4) is 0 Å². The number of ether oxygens (including phenoxy) is 1. The molecule has 0 saturated carbocycles. The first-order chi connectivity index (χ1) is 7.08. The predicted molar refractivity (Wildman–Crippen MR) is 63.2 cm³/mol. The van der Waals surface area contributed by atoms with Gasteiger partial charge in [0.05, 0.1) is 13.2 Å². The van der Waals surface area contributed by atoms with E-state index >= 15 is 0 Å². The smallest absolute Gasteiger partial charge is 0.0610 e. The highest BCUT2D eigenvalue weighted by atomic mass is 16.5. The van der Waals surface area contributed by atoms with Crippen LogP contribution in [-0.2, 0) is 4.74 Å². The number of hydrogen-bond acceptors (Lipinski definition) is 4. The molecule has 0 spiro atoms. The SMILES string of the molecule is CNC(C)(CO)CCCN(C)CCOC. The fourth-order valence-electron chi connectivity index (χ4n) is 1.38. The van der Waals surface area contributed by atoms with Crippen LogP contribution in [0.1, 0.15) is 19.8 Å². The Balaban J connectivity index is 3.59. The molecule has 0 aromatic carbocycles. The summed E-state index contributed by atoms with van der Waals surface area (Å²) in [4.78, 5) is 2.25. The normalized spacial score (nSPS) is 15.6. The van der Waals surface area contributed by atoms with Crippen molar-refractivity contribution in [1.29, 1.82) is 0 Å². The van der Waals surface area contributed by atoms with Crippen molar-refractivity contribution in [2.45, 2.75) is 25.3 Å². The van der Waals surface area contributed by atoms with E-state index in [1.165, 1.54) is 0 Å². The van der Waals surface area contributed by atoms with Crippen LogP contribution >= 0.6 is 0 Å². The molecule has 0 fully saturated rings. The molecule has 4 heteroatoms. The fourth-order valence-corrected chi connectivity index (χ4v) is 1.38. The third-order valence-electron chi connectivity index (χ3n) is 2.90. The third kappa shape index (κ3) is 6.84. The Morgan fingerprint density at radius 3 is 2.53 bits per heavy atom. The van der Waals surface area contributed by atoms with Crippen LogP contribution in [-0.4, -0.2) is 63.1 Å². The van der Waals surface area contributed by atoms with Crippen LogP contribution in [0.15, 0.2) is 0 Å². The molecule has 92 valence electrons. The van der Waals surface area contributed by atoms with Crippen molar-refractivity contribution >= 4 is 0 Å². The highest BCUT2D eigenvalue weighted by Crippen LogP contribution is 2.10. The van der Waals surface area contributed by atoms with E-state index in [-0.39, 0.29) is 12.1 Å². The Labute approximate surface area is 93.6 Å². The summed E-state index contributed by atoms with van der Waals surface area (Å²) in [6.45, 7) is 5.01. The van der Waals surface area contributed by atoms with Crippen molar-refractivity contribution in [3.05, 3.63) is 0 Å². The first-order valence-corrected chi connectivity index (χ1v) is 5.55. The number of rotatable bonds is 9. The number of nitrogens with one attached hydrogen (secondary N) is 1. The summed E-state index contributed by atoms with van der Waals surface area (Å²) < 4.78 is 5.01. The predicted octanol–water partition coefficient (Wildman–Crippen LogP) is 0.315. The van der Waals surface area contributed by atoms with Crippen molar-refractivity contribution in [2.24, 2.45) is 0 Å². The average Bonchev–Trinajstić information content (AvgIpc) is 2.26. The first-order valence-electron chi connectivity index (χ1n) is 5.55. The maximum absolute atomic E-state index is 9.20. The van der Waals surface area contributed by atoms with E-state index in [2.05, 4.69) is 17.3 Å². The van der Waals surface area contributed by atoms with Crippen molar-refractivity contribution in [3.63, 3.8) is 0 Å². The summed E-state index contributed by atoms with van der Waals surface area (Å²) in [6, 6.07) is 0. The molecular formula is C11H26N2O2. The molecule has 0 aliphatic carbocycles. The molecule has 4 nitrogen and oxygen atoms in total. The second-order valence-electron chi connectivity index (χ2n) is 4.37. The van der Waals surface area contributed by atoms with Crippen molar-refractivity contribution in [1.82, 2.24) is 10.2 Å². The first kappa shape index (κ1) is 14.8. The van der Waals surface area contributed by atoms with E-state index in [1.807, 2.05) is 14.0 Å². The number of aliphatic hydroxyl groups is 1. The van der Waals surface area contributed by atoms with Gasteiger partial charge < -0.3 is 20.1 Å². The van der Waals surface area contributed by atoms with Crippen LogP contribution in [0.4, 0.5) is 0 Å². The minimum atomic E-state index is -0.137. The zero-order valence-electron chi connectivity index (χ0n) is 10.5. The minimum absolute atomic E-state index is 0.137. The van der Waals surface area contributed by atoms with Gasteiger partial charge in [-0.25, -0.2) is 0 Å². The molecule has 0 bridgehead atoms. The monoisotopic (exact) mass is 218 g/mol. The van der Waals surface area contributed by atoms with Gasteiger partial charge in [-0.2, -0.15) is 0 Å². The van der Waals surface area contributed by atoms with Gasteiger partial charge in [-0.15, -0.1) is 0 Å². The van der Waals surface area contributed by atoms with E-state index in [1.54, 1.807) is 7.11 Å². The highest BCUT2D eigenvalue weighted by molar-refractivity contribution is 4.80. The lowest BCUT2D eigenvalue weighted by atomic mass is 9.97. The van der Waals surface area contributed by atoms with Gasteiger partial charge >= 0.3 is 0 Å². The number of nitrogens with zero attached hydrogens (tertiary/aromatic N) is 1. The maximum atomic E-state index is 9.20. The van der Waals surface area contributed by atoms with Crippen LogP contribution in [0.5, 0.6) is 0 Å². The zero-order chi connectivity index (χ0) is 11.7. The van der Waals surface area contributed by atoms with Gasteiger partial charge in [0.15, 0.2) is 0 Å². The molecule has 0 aliphatic heterocycles. The van der Waals surface area contributed by atoms with E-state index in [0.29, 0.717) is 0 Å². The molecule has 1 unspecified atom stereocenters. The van der Waals surface area contributed by atoms with Crippen molar-refractivity contribution < 1.29 is 9.84 Å². The largest absolute Gasteiger partial charge is 0.394 e. The van der Waals surface area contributed by atoms with E-state index in [0.717, 1.165) is 32.5 Å². The molecule has 0 radical (unpaired) electrons.